The number of aliphatic hydroxyl groups excluding tert-OH is 1. The number of nitrogens with zero attached hydrogens (tertiary/aromatic N) is 1. The highest BCUT2D eigenvalue weighted by Crippen LogP contribution is 2.21. The van der Waals surface area contributed by atoms with E-state index in [0.717, 1.165) is 0 Å². The van der Waals surface area contributed by atoms with Crippen LogP contribution in [0.5, 0.6) is 0 Å². The first-order valence-electron chi connectivity index (χ1n) is 5.73. The highest BCUT2D eigenvalue weighted by molar-refractivity contribution is 6.35. The molecule has 0 unspecified atom stereocenters. The number of amides is 2. The fourth-order valence-electron chi connectivity index (χ4n) is 1.20. The molecule has 1 atom stereocenters. The Labute approximate surface area is 121 Å². The number of aromatic nitrogens is 1. The van der Waals surface area contributed by atoms with Gasteiger partial charge in [0.25, 0.3) is 0 Å². The SMILES string of the molecule is C[C@H](O)CNC(=O)NCCNc1ncc(Cl)cc1Cl. The van der Waals surface area contributed by atoms with E-state index >= 15 is 0 Å². The third-order valence-corrected chi connectivity index (χ3v) is 2.56. The molecule has 0 aliphatic heterocycles. The van der Waals surface area contributed by atoms with Gasteiger partial charge in [0, 0.05) is 25.8 Å². The highest BCUT2D eigenvalue weighted by atomic mass is 35.5. The normalized spacial score (nSPS) is 11.8. The number of aliphatic hydroxyl groups is 1. The molecule has 8 heteroatoms. The van der Waals surface area contributed by atoms with Crippen molar-refractivity contribution in [2.45, 2.75) is 13.0 Å². The molecular weight excluding hydrogens is 291 g/mol. The molecule has 0 aliphatic carbocycles. The van der Waals surface area contributed by atoms with E-state index in [-0.39, 0.29) is 12.6 Å². The minimum absolute atomic E-state index is 0.212. The number of hydrogen-bond acceptors (Lipinski definition) is 4. The van der Waals surface area contributed by atoms with E-state index in [1.54, 1.807) is 13.0 Å². The van der Waals surface area contributed by atoms with Crippen LogP contribution in [0, 0.1) is 0 Å². The van der Waals surface area contributed by atoms with Crippen molar-refractivity contribution in [3.05, 3.63) is 22.3 Å². The number of anilines is 1. The molecule has 2 amide bonds. The van der Waals surface area contributed by atoms with Crippen molar-refractivity contribution in [2.24, 2.45) is 0 Å². The van der Waals surface area contributed by atoms with Crippen LogP contribution in [0.1, 0.15) is 6.92 Å². The monoisotopic (exact) mass is 306 g/mol. The molecule has 4 N–H and O–H groups in total. The fraction of sp³-hybridized carbons (Fsp3) is 0.455. The third-order valence-electron chi connectivity index (χ3n) is 2.07. The zero-order valence-corrected chi connectivity index (χ0v) is 11.9. The van der Waals surface area contributed by atoms with Gasteiger partial charge in [-0.25, -0.2) is 9.78 Å². The summed E-state index contributed by atoms with van der Waals surface area (Å²) in [5, 5.41) is 18.0. The second-order valence-electron chi connectivity index (χ2n) is 3.90. The lowest BCUT2D eigenvalue weighted by Crippen LogP contribution is -2.40. The van der Waals surface area contributed by atoms with Gasteiger partial charge in [-0.3, -0.25) is 0 Å². The van der Waals surface area contributed by atoms with Gasteiger partial charge in [-0.1, -0.05) is 23.2 Å². The summed E-state index contributed by atoms with van der Waals surface area (Å²) in [5.74, 6) is 0.511. The largest absolute Gasteiger partial charge is 0.392 e. The van der Waals surface area contributed by atoms with Crippen molar-refractivity contribution in [1.29, 1.82) is 0 Å². The number of pyridine rings is 1. The van der Waals surface area contributed by atoms with Gasteiger partial charge >= 0.3 is 6.03 Å². The highest BCUT2D eigenvalue weighted by Gasteiger charge is 2.03. The minimum Gasteiger partial charge on any atom is -0.392 e. The van der Waals surface area contributed by atoms with Gasteiger partial charge in [0.05, 0.1) is 16.1 Å². The van der Waals surface area contributed by atoms with Crippen LogP contribution in [0.3, 0.4) is 0 Å². The maximum atomic E-state index is 11.3. The van der Waals surface area contributed by atoms with Crippen molar-refractivity contribution >= 4 is 35.1 Å². The molecule has 19 heavy (non-hydrogen) atoms. The zero-order valence-electron chi connectivity index (χ0n) is 10.4. The Hall–Kier alpha value is -1.24. The maximum Gasteiger partial charge on any atom is 0.314 e. The Balaban J connectivity index is 2.22. The van der Waals surface area contributed by atoms with Gasteiger partial charge in [-0.05, 0) is 13.0 Å². The molecule has 0 spiro atoms. The summed E-state index contributed by atoms with van der Waals surface area (Å²) in [6.07, 6.45) is 0.916. The Morgan fingerprint density at radius 2 is 2.16 bits per heavy atom. The Bertz CT molecular complexity index is 429. The van der Waals surface area contributed by atoms with E-state index in [1.165, 1.54) is 6.20 Å². The predicted octanol–water partition coefficient (Wildman–Crippen LogP) is 1.48. The predicted molar refractivity (Wildman–Crippen MR) is 75.8 cm³/mol. The van der Waals surface area contributed by atoms with Gasteiger partial charge in [0.2, 0.25) is 0 Å². The first-order valence-corrected chi connectivity index (χ1v) is 6.49. The Morgan fingerprint density at radius 1 is 1.42 bits per heavy atom. The van der Waals surface area contributed by atoms with Gasteiger partial charge in [0.1, 0.15) is 5.82 Å². The lowest BCUT2D eigenvalue weighted by molar-refractivity contribution is 0.187. The first kappa shape index (κ1) is 15.8. The summed E-state index contributed by atoms with van der Waals surface area (Å²) in [4.78, 5) is 15.3. The summed E-state index contributed by atoms with van der Waals surface area (Å²) in [6, 6.07) is 1.25. The molecule has 0 saturated carbocycles. The van der Waals surface area contributed by atoms with E-state index in [4.69, 9.17) is 28.3 Å². The van der Waals surface area contributed by atoms with E-state index in [9.17, 15) is 4.79 Å². The fourth-order valence-corrected chi connectivity index (χ4v) is 1.65. The molecule has 0 aromatic carbocycles. The average Bonchev–Trinajstić information content (AvgIpc) is 2.34. The van der Waals surface area contributed by atoms with Crippen molar-refractivity contribution in [2.75, 3.05) is 25.0 Å². The topological polar surface area (TPSA) is 86.3 Å². The van der Waals surface area contributed by atoms with E-state index in [1.807, 2.05) is 0 Å². The molecule has 1 aromatic rings. The van der Waals surface area contributed by atoms with E-state index < -0.39 is 6.10 Å². The summed E-state index contributed by atoms with van der Waals surface area (Å²) < 4.78 is 0. The number of carbonyl (C=O) groups is 1. The summed E-state index contributed by atoms with van der Waals surface area (Å²) in [7, 11) is 0. The number of rotatable bonds is 6. The minimum atomic E-state index is -0.569. The molecule has 6 nitrogen and oxygen atoms in total. The van der Waals surface area contributed by atoms with Crippen LogP contribution < -0.4 is 16.0 Å². The Kier molecular flexibility index (Phi) is 6.69. The average molecular weight is 307 g/mol. The molecule has 0 aliphatic rings. The van der Waals surface area contributed by atoms with E-state index in [2.05, 4.69) is 20.9 Å². The van der Waals surface area contributed by atoms with Gasteiger partial charge in [-0.15, -0.1) is 0 Å². The number of urea groups is 1. The van der Waals surface area contributed by atoms with Crippen LogP contribution in [0.4, 0.5) is 10.6 Å². The third kappa shape index (κ3) is 6.47. The van der Waals surface area contributed by atoms with Crippen LogP contribution in [0.15, 0.2) is 12.3 Å². The molecule has 0 saturated heterocycles. The maximum absolute atomic E-state index is 11.3. The number of halogens is 2. The lowest BCUT2D eigenvalue weighted by atomic mass is 10.4. The van der Waals surface area contributed by atoms with Crippen molar-refractivity contribution in [3.63, 3.8) is 0 Å². The molecule has 1 heterocycles. The van der Waals surface area contributed by atoms with Gasteiger partial charge in [-0.2, -0.15) is 0 Å². The van der Waals surface area contributed by atoms with E-state index in [0.29, 0.717) is 29.0 Å². The lowest BCUT2D eigenvalue weighted by Gasteiger charge is -2.10. The molecule has 1 rings (SSSR count). The molecule has 0 fully saturated rings. The zero-order chi connectivity index (χ0) is 14.3. The van der Waals surface area contributed by atoms with Crippen LogP contribution in [0.2, 0.25) is 10.0 Å². The van der Waals surface area contributed by atoms with Crippen LogP contribution in [-0.4, -0.2) is 41.9 Å². The van der Waals surface area contributed by atoms with Crippen LogP contribution >= 0.6 is 23.2 Å². The van der Waals surface area contributed by atoms with Crippen LogP contribution in [0.25, 0.3) is 0 Å². The number of hydrogen-bond donors (Lipinski definition) is 4. The quantitative estimate of drug-likeness (QED) is 0.600. The molecule has 0 bridgehead atoms. The molecular formula is C11H16Cl2N4O2. The van der Waals surface area contributed by atoms with Crippen LogP contribution in [-0.2, 0) is 0 Å². The summed E-state index contributed by atoms with van der Waals surface area (Å²) in [6.45, 7) is 2.67. The second-order valence-corrected chi connectivity index (χ2v) is 4.74. The Morgan fingerprint density at radius 3 is 2.79 bits per heavy atom. The molecule has 106 valence electrons. The van der Waals surface area contributed by atoms with Crippen molar-refractivity contribution in [1.82, 2.24) is 15.6 Å². The number of nitrogens with one attached hydrogen (secondary N) is 3. The molecule has 0 radical (unpaired) electrons. The van der Waals surface area contributed by atoms with Gasteiger partial charge in [0.15, 0.2) is 0 Å². The first-order chi connectivity index (χ1) is 8.99. The summed E-state index contributed by atoms with van der Waals surface area (Å²) >= 11 is 11.6. The standard InChI is InChI=1S/C11H16Cl2N4O2/c1-7(18)5-17-11(19)15-3-2-14-10-9(13)4-8(12)6-16-10/h4,6-7,18H,2-3,5H2,1H3,(H,14,16)(H2,15,17,19)/t7-/m0/s1. The smallest absolute Gasteiger partial charge is 0.314 e. The van der Waals surface area contributed by atoms with Crippen molar-refractivity contribution in [3.8, 4) is 0 Å². The summed E-state index contributed by atoms with van der Waals surface area (Å²) in [5.41, 5.74) is 0. The number of carbonyl (C=O) groups excluding carboxylic acids is 1. The second kappa shape index (κ2) is 8.04. The van der Waals surface area contributed by atoms with Crippen molar-refractivity contribution < 1.29 is 9.90 Å². The molecule has 1 aromatic heterocycles. The van der Waals surface area contributed by atoms with Gasteiger partial charge < -0.3 is 21.1 Å².